The number of carbonyl (C=O) groups is 2. The lowest BCUT2D eigenvalue weighted by Crippen LogP contribution is -2.24. The van der Waals surface area contributed by atoms with E-state index in [1.807, 2.05) is 66.9 Å². The maximum Gasteiger partial charge on any atom is 0.404 e. The lowest BCUT2D eigenvalue weighted by Gasteiger charge is -2.06. The van der Waals surface area contributed by atoms with Crippen LogP contribution in [0.25, 0.3) is 11.3 Å². The van der Waals surface area contributed by atoms with Crippen LogP contribution in [0.15, 0.2) is 60.0 Å². The first-order chi connectivity index (χ1) is 17.3. The Hall–Kier alpha value is -3.00. The van der Waals surface area contributed by atoms with Crippen LogP contribution in [0.1, 0.15) is 36.8 Å². The number of thiazole rings is 1. The molecular weight excluding hydrogens is 500 g/mol. The zero-order valence-electron chi connectivity index (χ0n) is 20.1. The van der Waals surface area contributed by atoms with Gasteiger partial charge in [0, 0.05) is 23.9 Å². The van der Waals surface area contributed by atoms with E-state index in [0.717, 1.165) is 48.2 Å². The molecule has 0 spiro atoms. The van der Waals surface area contributed by atoms with Gasteiger partial charge in [0.1, 0.15) is 6.61 Å². The number of anilines is 1. The summed E-state index contributed by atoms with van der Waals surface area (Å²) in [5.41, 5.74) is 8.85. The summed E-state index contributed by atoms with van der Waals surface area (Å²) in [6, 6.07) is 17.5. The number of benzene rings is 2. The van der Waals surface area contributed by atoms with Gasteiger partial charge in [0.2, 0.25) is 5.91 Å². The molecule has 1 aromatic heterocycles. The zero-order chi connectivity index (χ0) is 26.2. The van der Waals surface area contributed by atoms with E-state index in [4.69, 9.17) is 16.8 Å². The van der Waals surface area contributed by atoms with E-state index < -0.39 is 6.09 Å². The number of nitrogens with one attached hydrogen (secondary N) is 2. The number of amides is 2. The first-order valence-electron chi connectivity index (χ1n) is 11.3. The molecule has 194 valence electrons. The number of hydrazine groups is 1. The van der Waals surface area contributed by atoms with Crippen molar-refractivity contribution >= 4 is 40.6 Å². The molecule has 36 heavy (non-hydrogen) atoms. The average molecular weight is 533 g/mol. The number of hydrogen-bond acceptors (Lipinski definition) is 10. The van der Waals surface area contributed by atoms with E-state index in [9.17, 15) is 9.59 Å². The lowest BCUT2D eigenvalue weighted by atomic mass is 10.1. The fraction of sp³-hybridized carbons (Fsp3) is 0.292. The Morgan fingerprint density at radius 3 is 2.50 bits per heavy atom. The molecule has 12 heteroatoms. The Bertz CT molecular complexity index is 1050. The van der Waals surface area contributed by atoms with Crippen molar-refractivity contribution in [1.29, 1.82) is 0 Å². The maximum atomic E-state index is 12.0. The molecule has 3 aromatic rings. The largest absolute Gasteiger partial charge is 0.445 e. The van der Waals surface area contributed by atoms with Crippen LogP contribution in [0.4, 0.5) is 9.93 Å². The summed E-state index contributed by atoms with van der Waals surface area (Å²) >= 11 is 2.36. The van der Waals surface area contributed by atoms with Crippen LogP contribution >= 0.6 is 23.5 Å². The molecule has 0 fully saturated rings. The SMILES string of the molecule is Cc1ccc(-c2csc(NC(=O)CCCCCNSN(N)O)n2)cc1.NC(=O)OCc1ccccc1. The highest BCUT2D eigenvalue weighted by molar-refractivity contribution is 7.94. The molecule has 0 saturated heterocycles. The number of ether oxygens (including phenoxy) is 1. The Morgan fingerprint density at radius 2 is 1.83 bits per heavy atom. The summed E-state index contributed by atoms with van der Waals surface area (Å²) in [5, 5.41) is 14.1. The van der Waals surface area contributed by atoms with E-state index in [2.05, 4.69) is 19.8 Å². The second kappa shape index (κ2) is 16.6. The summed E-state index contributed by atoms with van der Waals surface area (Å²) < 4.78 is 7.98. The predicted molar refractivity (Wildman–Crippen MR) is 144 cm³/mol. The summed E-state index contributed by atoms with van der Waals surface area (Å²) in [5.74, 6) is 5.01. The predicted octanol–water partition coefficient (Wildman–Crippen LogP) is 4.62. The summed E-state index contributed by atoms with van der Waals surface area (Å²) in [6.45, 7) is 3.01. The van der Waals surface area contributed by atoms with Gasteiger partial charge in [-0.3, -0.25) is 10.0 Å². The van der Waals surface area contributed by atoms with Crippen LogP contribution in [0, 0.1) is 6.92 Å². The Labute approximate surface area is 219 Å². The number of aryl methyl sites for hydroxylation is 1. The van der Waals surface area contributed by atoms with Gasteiger partial charge < -0.3 is 15.8 Å². The van der Waals surface area contributed by atoms with Crippen LogP contribution in [0.5, 0.6) is 0 Å². The van der Waals surface area contributed by atoms with Gasteiger partial charge in [-0.2, -0.15) is 0 Å². The van der Waals surface area contributed by atoms with E-state index in [1.54, 1.807) is 0 Å². The van der Waals surface area contributed by atoms with E-state index in [0.29, 0.717) is 22.7 Å². The molecular formula is C24H32N6O4S2. The standard InChI is InChI=1S/C16H23N5O2S2.C8H9NO2/c1-12-6-8-13(9-7-12)14-11-24-16(19-14)20-15(22)5-3-2-4-10-18-25-21(17)23;9-8(10)11-6-7-4-2-1-3-5-7/h6-9,11,18,23H,2-5,10,17H2,1H3,(H,19,20,22);1-5H,6H2,(H2,9,10). The molecule has 0 unspecified atom stereocenters. The van der Waals surface area contributed by atoms with Crippen molar-refractivity contribution in [2.75, 3.05) is 11.9 Å². The number of aromatic nitrogens is 1. The molecule has 7 N–H and O–H groups in total. The van der Waals surface area contributed by atoms with Crippen LogP contribution in [-0.2, 0) is 16.1 Å². The van der Waals surface area contributed by atoms with Gasteiger partial charge in [-0.1, -0.05) is 71.2 Å². The van der Waals surface area contributed by atoms with Gasteiger partial charge in [-0.25, -0.2) is 20.3 Å². The van der Waals surface area contributed by atoms with Crippen LogP contribution in [-0.4, -0.2) is 33.3 Å². The highest BCUT2D eigenvalue weighted by Gasteiger charge is 2.08. The van der Waals surface area contributed by atoms with Crippen molar-refractivity contribution < 1.29 is 19.5 Å². The van der Waals surface area contributed by atoms with Gasteiger partial charge in [0.15, 0.2) is 5.13 Å². The highest BCUT2D eigenvalue weighted by atomic mass is 32.2. The van der Waals surface area contributed by atoms with Crippen molar-refractivity contribution in [2.45, 2.75) is 39.2 Å². The molecule has 2 amide bonds. The smallest absolute Gasteiger partial charge is 0.404 e. The second-order valence-electron chi connectivity index (χ2n) is 7.64. The molecule has 0 bridgehead atoms. The summed E-state index contributed by atoms with van der Waals surface area (Å²) in [7, 11) is 0. The highest BCUT2D eigenvalue weighted by Crippen LogP contribution is 2.25. The van der Waals surface area contributed by atoms with Crippen molar-refractivity contribution in [3.8, 4) is 11.3 Å². The number of primary amides is 1. The van der Waals surface area contributed by atoms with Crippen molar-refractivity contribution in [3.05, 3.63) is 71.1 Å². The summed E-state index contributed by atoms with van der Waals surface area (Å²) in [6.07, 6.45) is 2.36. The molecule has 0 radical (unpaired) electrons. The summed E-state index contributed by atoms with van der Waals surface area (Å²) in [4.78, 5) is 26.6. The van der Waals surface area contributed by atoms with Crippen LogP contribution in [0.3, 0.4) is 0 Å². The Balaban J connectivity index is 0.000000346. The third-order valence-corrected chi connectivity index (χ3v) is 5.94. The minimum Gasteiger partial charge on any atom is -0.445 e. The third-order valence-electron chi connectivity index (χ3n) is 4.66. The molecule has 0 atom stereocenters. The normalized spacial score (nSPS) is 10.4. The number of nitrogens with zero attached hydrogens (tertiary/aromatic N) is 2. The molecule has 2 aromatic carbocycles. The monoisotopic (exact) mass is 532 g/mol. The maximum absolute atomic E-state index is 12.0. The molecule has 0 aliphatic rings. The molecule has 10 nitrogen and oxygen atoms in total. The minimum absolute atomic E-state index is 0.0179. The second-order valence-corrected chi connectivity index (χ2v) is 9.35. The van der Waals surface area contributed by atoms with Crippen molar-refractivity contribution in [1.82, 2.24) is 14.3 Å². The third kappa shape index (κ3) is 12.6. The molecule has 0 saturated carbocycles. The van der Waals surface area contributed by atoms with Gasteiger partial charge >= 0.3 is 6.09 Å². The first kappa shape index (κ1) is 29.2. The number of rotatable bonds is 12. The molecule has 0 aliphatic carbocycles. The zero-order valence-corrected chi connectivity index (χ0v) is 21.7. The Morgan fingerprint density at radius 1 is 1.11 bits per heavy atom. The van der Waals surface area contributed by atoms with Gasteiger partial charge in [0.05, 0.1) is 17.8 Å². The topological polar surface area (TPSA) is 156 Å². The van der Waals surface area contributed by atoms with E-state index in [-0.39, 0.29) is 12.5 Å². The molecule has 3 rings (SSSR count). The number of nitrogens with two attached hydrogens (primary N) is 2. The number of carbonyl (C=O) groups excluding carboxylic acids is 2. The fourth-order valence-electron chi connectivity index (χ4n) is 2.87. The van der Waals surface area contributed by atoms with Gasteiger partial charge in [0.25, 0.3) is 0 Å². The van der Waals surface area contributed by atoms with E-state index >= 15 is 0 Å². The van der Waals surface area contributed by atoms with E-state index in [1.165, 1.54) is 16.9 Å². The van der Waals surface area contributed by atoms with Crippen molar-refractivity contribution in [2.24, 2.45) is 11.6 Å². The van der Waals surface area contributed by atoms with Crippen molar-refractivity contribution in [3.63, 3.8) is 0 Å². The average Bonchev–Trinajstić information content (AvgIpc) is 3.32. The van der Waals surface area contributed by atoms with Gasteiger partial charge in [-0.15, -0.1) is 11.3 Å². The minimum atomic E-state index is -0.742. The Kier molecular flexibility index (Phi) is 13.5. The fourth-order valence-corrected chi connectivity index (χ4v) is 3.97. The lowest BCUT2D eigenvalue weighted by molar-refractivity contribution is -0.116. The number of unbranched alkanes of at least 4 members (excludes halogenated alkanes) is 2. The van der Waals surface area contributed by atoms with Gasteiger partial charge in [-0.05, 0) is 25.3 Å². The molecule has 1 heterocycles. The van der Waals surface area contributed by atoms with Crippen LogP contribution < -0.4 is 21.6 Å². The first-order valence-corrected chi connectivity index (χ1v) is 12.9. The molecule has 0 aliphatic heterocycles. The quantitative estimate of drug-likeness (QED) is 0.0972. The van der Waals surface area contributed by atoms with Crippen LogP contribution in [0.2, 0.25) is 0 Å². The number of hydrogen-bond donors (Lipinski definition) is 5.